The molecule has 3 aromatic rings. The van der Waals surface area contributed by atoms with E-state index >= 15 is 0 Å². The van der Waals surface area contributed by atoms with Gasteiger partial charge in [0.05, 0.1) is 11.3 Å². The first-order valence-corrected chi connectivity index (χ1v) is 6.79. The number of pyridine rings is 1. The normalized spacial score (nSPS) is 13.2. The van der Waals surface area contributed by atoms with Gasteiger partial charge in [0.1, 0.15) is 10.8 Å². The van der Waals surface area contributed by atoms with E-state index in [1.807, 2.05) is 30.3 Å². The van der Waals surface area contributed by atoms with E-state index in [1.165, 1.54) is 4.90 Å². The van der Waals surface area contributed by atoms with Crippen LogP contribution in [0, 0.1) is 0 Å². The standard InChI is InChI=1S/C16H9ClN2O2/c17-13-8-7-12(15(20)18-13)19-11-6-2-4-9-3-1-5-10(14(9)11)16(19)21/h1-8H,(H,18,20). The van der Waals surface area contributed by atoms with Crippen LogP contribution in [0.5, 0.6) is 0 Å². The molecule has 1 aromatic heterocycles. The zero-order valence-electron chi connectivity index (χ0n) is 10.8. The number of nitrogens with one attached hydrogen (secondary N) is 1. The highest BCUT2D eigenvalue weighted by Crippen LogP contribution is 2.40. The lowest BCUT2D eigenvalue weighted by Crippen LogP contribution is -2.27. The van der Waals surface area contributed by atoms with Crippen LogP contribution in [0.4, 0.5) is 11.4 Å². The van der Waals surface area contributed by atoms with Gasteiger partial charge in [-0.15, -0.1) is 0 Å². The highest BCUT2D eigenvalue weighted by atomic mass is 35.5. The van der Waals surface area contributed by atoms with Crippen LogP contribution < -0.4 is 10.5 Å². The fourth-order valence-electron chi connectivity index (χ4n) is 2.77. The Hall–Kier alpha value is -2.59. The third-order valence-corrected chi connectivity index (χ3v) is 3.87. The molecule has 0 atom stereocenters. The van der Waals surface area contributed by atoms with E-state index in [1.54, 1.807) is 18.2 Å². The molecule has 1 aliphatic heterocycles. The van der Waals surface area contributed by atoms with Crippen LogP contribution in [0.1, 0.15) is 10.4 Å². The second-order valence-corrected chi connectivity index (χ2v) is 5.25. The van der Waals surface area contributed by atoms with Crippen molar-refractivity contribution >= 4 is 39.7 Å². The smallest absolute Gasteiger partial charge is 0.273 e. The van der Waals surface area contributed by atoms with Crippen molar-refractivity contribution in [3.8, 4) is 0 Å². The summed E-state index contributed by atoms with van der Waals surface area (Å²) in [6, 6.07) is 14.4. The Morgan fingerprint density at radius 3 is 2.43 bits per heavy atom. The molecule has 0 spiro atoms. The van der Waals surface area contributed by atoms with Crippen molar-refractivity contribution < 1.29 is 4.79 Å². The van der Waals surface area contributed by atoms with Gasteiger partial charge in [-0.3, -0.25) is 14.5 Å². The second-order valence-electron chi connectivity index (χ2n) is 4.84. The number of hydrogen-bond acceptors (Lipinski definition) is 2. The molecule has 1 N–H and O–H groups in total. The summed E-state index contributed by atoms with van der Waals surface area (Å²) in [5.74, 6) is -0.199. The molecule has 21 heavy (non-hydrogen) atoms. The van der Waals surface area contributed by atoms with Crippen LogP contribution in [0.3, 0.4) is 0 Å². The third kappa shape index (κ3) is 1.63. The maximum absolute atomic E-state index is 12.7. The number of rotatable bonds is 1. The summed E-state index contributed by atoms with van der Waals surface area (Å²) in [4.78, 5) is 28.7. The summed E-state index contributed by atoms with van der Waals surface area (Å²) in [7, 11) is 0. The molecular formula is C16H9ClN2O2. The highest BCUT2D eigenvalue weighted by molar-refractivity contribution is 6.30. The van der Waals surface area contributed by atoms with Gasteiger partial charge < -0.3 is 4.98 Å². The number of amides is 1. The van der Waals surface area contributed by atoms with Gasteiger partial charge in [0.25, 0.3) is 11.5 Å². The molecule has 5 heteroatoms. The molecule has 2 heterocycles. The van der Waals surface area contributed by atoms with Crippen molar-refractivity contribution in [2.24, 2.45) is 0 Å². The molecule has 0 unspecified atom stereocenters. The molecule has 0 saturated carbocycles. The SMILES string of the molecule is O=C1c2cccc3cccc(c23)N1c1ccc(Cl)[nH]c1=O. The lowest BCUT2D eigenvalue weighted by Gasteiger charge is -2.16. The first kappa shape index (κ1) is 12.2. The van der Waals surface area contributed by atoms with Gasteiger partial charge in [-0.2, -0.15) is 0 Å². The molecule has 0 fully saturated rings. The lowest BCUT2D eigenvalue weighted by atomic mass is 10.1. The first-order valence-electron chi connectivity index (χ1n) is 6.42. The highest BCUT2D eigenvalue weighted by Gasteiger charge is 2.32. The molecule has 1 aliphatic rings. The summed E-state index contributed by atoms with van der Waals surface area (Å²) in [5.41, 5.74) is 1.21. The van der Waals surface area contributed by atoms with Crippen LogP contribution in [-0.2, 0) is 0 Å². The van der Waals surface area contributed by atoms with Gasteiger partial charge in [0.2, 0.25) is 0 Å². The van der Waals surface area contributed by atoms with Crippen molar-refractivity contribution in [3.05, 3.63) is 69.6 Å². The number of hydrogen-bond donors (Lipinski definition) is 1. The molecule has 4 rings (SSSR count). The average Bonchev–Trinajstić information content (AvgIpc) is 2.75. The Morgan fingerprint density at radius 1 is 0.905 bits per heavy atom. The minimum absolute atomic E-state index is 0.199. The van der Waals surface area contributed by atoms with Gasteiger partial charge in [-0.1, -0.05) is 35.9 Å². The van der Waals surface area contributed by atoms with Gasteiger partial charge >= 0.3 is 0 Å². The lowest BCUT2D eigenvalue weighted by molar-refractivity contribution is 0.100. The summed E-state index contributed by atoms with van der Waals surface area (Å²) in [6.07, 6.45) is 0. The second kappa shape index (κ2) is 4.20. The summed E-state index contributed by atoms with van der Waals surface area (Å²) in [6.45, 7) is 0. The van der Waals surface area contributed by atoms with Crippen molar-refractivity contribution in [1.82, 2.24) is 4.98 Å². The van der Waals surface area contributed by atoms with Crippen LogP contribution in [-0.4, -0.2) is 10.9 Å². The van der Waals surface area contributed by atoms with Crippen LogP contribution in [0.25, 0.3) is 10.8 Å². The van der Waals surface area contributed by atoms with Gasteiger partial charge in [0.15, 0.2) is 0 Å². The van der Waals surface area contributed by atoms with Crippen molar-refractivity contribution in [1.29, 1.82) is 0 Å². The van der Waals surface area contributed by atoms with E-state index in [-0.39, 0.29) is 22.3 Å². The Balaban J connectivity index is 2.04. The minimum Gasteiger partial charge on any atom is -0.311 e. The van der Waals surface area contributed by atoms with Gasteiger partial charge in [-0.25, -0.2) is 0 Å². The molecule has 0 bridgehead atoms. The minimum atomic E-state index is -0.388. The Bertz CT molecular complexity index is 957. The van der Waals surface area contributed by atoms with Gasteiger partial charge in [0, 0.05) is 5.39 Å². The summed E-state index contributed by atoms with van der Waals surface area (Å²) < 4.78 is 0. The summed E-state index contributed by atoms with van der Waals surface area (Å²) in [5, 5.41) is 2.09. The molecule has 1 amide bonds. The average molecular weight is 297 g/mol. The van der Waals surface area contributed by atoms with Crippen molar-refractivity contribution in [2.75, 3.05) is 4.90 Å². The molecule has 2 aromatic carbocycles. The number of halogens is 1. The number of aromatic nitrogens is 1. The number of nitrogens with zero attached hydrogens (tertiary/aromatic N) is 1. The topological polar surface area (TPSA) is 53.2 Å². The molecular weight excluding hydrogens is 288 g/mol. The van der Waals surface area contributed by atoms with E-state index in [4.69, 9.17) is 11.6 Å². The predicted octanol–water partition coefficient (Wildman–Crippen LogP) is 3.47. The Morgan fingerprint density at radius 2 is 1.67 bits per heavy atom. The van der Waals surface area contributed by atoms with E-state index in [0.29, 0.717) is 5.56 Å². The molecule has 4 nitrogen and oxygen atoms in total. The number of carbonyl (C=O) groups is 1. The number of anilines is 2. The summed E-state index contributed by atoms with van der Waals surface area (Å²) >= 11 is 5.77. The molecule has 0 radical (unpaired) electrons. The van der Waals surface area contributed by atoms with Crippen LogP contribution >= 0.6 is 11.6 Å². The number of H-pyrrole nitrogens is 1. The number of benzene rings is 2. The Labute approximate surface area is 124 Å². The Kier molecular flexibility index (Phi) is 2.43. The monoisotopic (exact) mass is 296 g/mol. The van der Waals surface area contributed by atoms with Crippen LogP contribution in [0.2, 0.25) is 5.15 Å². The fourth-order valence-corrected chi connectivity index (χ4v) is 2.92. The van der Waals surface area contributed by atoms with E-state index in [2.05, 4.69) is 4.98 Å². The van der Waals surface area contributed by atoms with Crippen molar-refractivity contribution in [2.45, 2.75) is 0 Å². The van der Waals surface area contributed by atoms with Crippen LogP contribution in [0.15, 0.2) is 53.3 Å². The van der Waals surface area contributed by atoms with Gasteiger partial charge in [-0.05, 0) is 29.7 Å². The van der Waals surface area contributed by atoms with E-state index in [0.717, 1.165) is 16.5 Å². The largest absolute Gasteiger partial charge is 0.311 e. The number of aromatic amines is 1. The third-order valence-electron chi connectivity index (χ3n) is 3.65. The van der Waals surface area contributed by atoms with E-state index in [9.17, 15) is 9.59 Å². The quantitative estimate of drug-likeness (QED) is 0.699. The molecule has 0 saturated heterocycles. The maximum atomic E-state index is 12.7. The van der Waals surface area contributed by atoms with E-state index < -0.39 is 0 Å². The predicted molar refractivity (Wildman–Crippen MR) is 82.5 cm³/mol. The fraction of sp³-hybridized carbons (Fsp3) is 0. The maximum Gasteiger partial charge on any atom is 0.273 e. The molecule has 102 valence electrons. The first-order chi connectivity index (χ1) is 10.2. The molecule has 0 aliphatic carbocycles. The van der Waals surface area contributed by atoms with Crippen molar-refractivity contribution in [3.63, 3.8) is 0 Å². The zero-order chi connectivity index (χ0) is 14.6. The zero-order valence-corrected chi connectivity index (χ0v) is 11.5. The number of carbonyl (C=O) groups excluding carboxylic acids is 1.